The first-order valence-corrected chi connectivity index (χ1v) is 7.11. The van der Waals surface area contributed by atoms with Crippen LogP contribution in [0.15, 0.2) is 24.5 Å². The molecule has 1 aromatic rings. The standard InChI is InChI=1S/C15H24N2O2/c1-12(17-9-5-6-10-17)14(19)16-11-15(2)8-4-3-7-13(15)18/h5-6,9-10,12-13,18H,3-4,7-8,11H2,1-2H3,(H,16,19). The van der Waals surface area contributed by atoms with Gasteiger partial charge in [-0.15, -0.1) is 0 Å². The van der Waals surface area contributed by atoms with Crippen molar-refractivity contribution < 1.29 is 9.90 Å². The maximum Gasteiger partial charge on any atom is 0.242 e. The molecule has 0 saturated heterocycles. The Labute approximate surface area is 114 Å². The second kappa shape index (κ2) is 5.78. The Balaban J connectivity index is 1.89. The molecule has 0 radical (unpaired) electrons. The smallest absolute Gasteiger partial charge is 0.242 e. The van der Waals surface area contributed by atoms with Crippen LogP contribution in [0.2, 0.25) is 0 Å². The molecule has 4 nitrogen and oxygen atoms in total. The Morgan fingerprint density at radius 1 is 1.47 bits per heavy atom. The van der Waals surface area contributed by atoms with Crippen molar-refractivity contribution >= 4 is 5.91 Å². The van der Waals surface area contributed by atoms with E-state index in [1.807, 2.05) is 36.0 Å². The zero-order chi connectivity index (χ0) is 13.9. The van der Waals surface area contributed by atoms with Crippen molar-refractivity contribution in [3.8, 4) is 0 Å². The Morgan fingerprint density at radius 2 is 2.16 bits per heavy atom. The molecule has 1 aliphatic carbocycles. The van der Waals surface area contributed by atoms with E-state index in [2.05, 4.69) is 12.2 Å². The number of rotatable bonds is 4. The van der Waals surface area contributed by atoms with Gasteiger partial charge in [-0.25, -0.2) is 0 Å². The van der Waals surface area contributed by atoms with Gasteiger partial charge in [0, 0.05) is 24.4 Å². The second-order valence-corrected chi connectivity index (χ2v) is 5.94. The van der Waals surface area contributed by atoms with Crippen LogP contribution < -0.4 is 5.32 Å². The predicted molar refractivity (Wildman–Crippen MR) is 74.7 cm³/mol. The van der Waals surface area contributed by atoms with E-state index in [1.165, 1.54) is 0 Å². The minimum atomic E-state index is -0.302. The molecule has 0 bridgehead atoms. The highest BCUT2D eigenvalue weighted by Crippen LogP contribution is 2.35. The van der Waals surface area contributed by atoms with Gasteiger partial charge in [0.15, 0.2) is 0 Å². The zero-order valence-corrected chi connectivity index (χ0v) is 11.8. The van der Waals surface area contributed by atoms with Gasteiger partial charge < -0.3 is 15.0 Å². The summed E-state index contributed by atoms with van der Waals surface area (Å²) in [5.41, 5.74) is -0.176. The van der Waals surface area contributed by atoms with E-state index in [4.69, 9.17) is 0 Å². The van der Waals surface area contributed by atoms with Crippen molar-refractivity contribution in [2.24, 2.45) is 5.41 Å². The van der Waals surface area contributed by atoms with Gasteiger partial charge in [0.1, 0.15) is 6.04 Å². The Morgan fingerprint density at radius 3 is 2.79 bits per heavy atom. The average molecular weight is 264 g/mol. The fourth-order valence-electron chi connectivity index (χ4n) is 2.77. The summed E-state index contributed by atoms with van der Waals surface area (Å²) < 4.78 is 1.88. The Hall–Kier alpha value is -1.29. The minimum Gasteiger partial charge on any atom is -0.392 e. The number of hydrogen-bond donors (Lipinski definition) is 2. The molecule has 106 valence electrons. The van der Waals surface area contributed by atoms with Gasteiger partial charge >= 0.3 is 0 Å². The minimum absolute atomic E-state index is 0.00944. The van der Waals surface area contributed by atoms with Gasteiger partial charge in [-0.1, -0.05) is 19.8 Å². The molecule has 1 saturated carbocycles. The van der Waals surface area contributed by atoms with Gasteiger partial charge in [0.05, 0.1) is 6.10 Å². The van der Waals surface area contributed by atoms with Crippen molar-refractivity contribution in [3.05, 3.63) is 24.5 Å². The van der Waals surface area contributed by atoms with Crippen LogP contribution >= 0.6 is 0 Å². The van der Waals surface area contributed by atoms with Gasteiger partial charge in [-0.3, -0.25) is 4.79 Å². The maximum atomic E-state index is 12.1. The molecule has 3 unspecified atom stereocenters. The predicted octanol–water partition coefficient (Wildman–Crippen LogP) is 2.11. The van der Waals surface area contributed by atoms with Crippen LogP contribution in [-0.2, 0) is 4.79 Å². The van der Waals surface area contributed by atoms with Crippen molar-refractivity contribution in [3.63, 3.8) is 0 Å². The highest BCUT2D eigenvalue weighted by Gasteiger charge is 2.35. The summed E-state index contributed by atoms with van der Waals surface area (Å²) in [4.78, 5) is 12.1. The van der Waals surface area contributed by atoms with Crippen molar-refractivity contribution in [2.75, 3.05) is 6.54 Å². The summed E-state index contributed by atoms with van der Waals surface area (Å²) in [7, 11) is 0. The van der Waals surface area contributed by atoms with Gasteiger partial charge in [0.2, 0.25) is 5.91 Å². The zero-order valence-electron chi connectivity index (χ0n) is 11.8. The molecule has 3 atom stereocenters. The van der Waals surface area contributed by atoms with Crippen molar-refractivity contribution in [2.45, 2.75) is 51.7 Å². The third-order valence-corrected chi connectivity index (χ3v) is 4.40. The number of aromatic nitrogens is 1. The van der Waals surface area contributed by atoms with Gasteiger partial charge in [0.25, 0.3) is 0 Å². The highest BCUT2D eigenvalue weighted by atomic mass is 16.3. The number of aliphatic hydroxyl groups excluding tert-OH is 1. The number of amides is 1. The number of hydrogen-bond acceptors (Lipinski definition) is 2. The molecule has 1 aliphatic rings. The third kappa shape index (κ3) is 3.18. The van der Waals surface area contributed by atoms with E-state index >= 15 is 0 Å². The number of carbonyl (C=O) groups excluding carboxylic acids is 1. The summed E-state index contributed by atoms with van der Waals surface area (Å²) in [6, 6.07) is 3.62. The fourth-order valence-corrected chi connectivity index (χ4v) is 2.77. The Kier molecular flexibility index (Phi) is 4.30. The molecule has 1 fully saturated rings. The van der Waals surface area contributed by atoms with Crippen LogP contribution in [0.5, 0.6) is 0 Å². The normalized spacial score (nSPS) is 28.9. The van der Waals surface area contributed by atoms with Crippen LogP contribution in [-0.4, -0.2) is 28.2 Å². The second-order valence-electron chi connectivity index (χ2n) is 5.94. The number of nitrogens with one attached hydrogen (secondary N) is 1. The first kappa shape index (κ1) is 14.1. The maximum absolute atomic E-state index is 12.1. The lowest BCUT2D eigenvalue weighted by molar-refractivity contribution is -0.125. The molecule has 0 aromatic carbocycles. The quantitative estimate of drug-likeness (QED) is 0.875. The summed E-state index contributed by atoms with van der Waals surface area (Å²) in [6.07, 6.45) is 7.53. The average Bonchev–Trinajstić information content (AvgIpc) is 2.93. The molecular weight excluding hydrogens is 240 g/mol. The topological polar surface area (TPSA) is 54.3 Å². The largest absolute Gasteiger partial charge is 0.392 e. The van der Waals surface area contributed by atoms with Crippen LogP contribution in [0.25, 0.3) is 0 Å². The van der Waals surface area contributed by atoms with Crippen LogP contribution in [0.4, 0.5) is 0 Å². The SMILES string of the molecule is CC(C(=O)NCC1(C)CCCCC1O)n1cccc1. The molecule has 19 heavy (non-hydrogen) atoms. The fraction of sp³-hybridized carbons (Fsp3) is 0.667. The van der Waals surface area contributed by atoms with Crippen LogP contribution in [0.1, 0.15) is 45.6 Å². The first-order chi connectivity index (χ1) is 9.03. The summed E-state index contributed by atoms with van der Waals surface area (Å²) in [5.74, 6) is 0.00944. The molecular formula is C15H24N2O2. The summed E-state index contributed by atoms with van der Waals surface area (Å²) in [6.45, 7) is 4.50. The molecule has 1 aromatic heterocycles. The van der Waals surface area contributed by atoms with E-state index in [1.54, 1.807) is 0 Å². The molecule has 2 rings (SSSR count). The van der Waals surface area contributed by atoms with E-state index in [0.29, 0.717) is 6.54 Å². The lowest BCUT2D eigenvalue weighted by Crippen LogP contribution is -2.46. The Bertz CT molecular complexity index is 416. The molecule has 1 heterocycles. The van der Waals surface area contributed by atoms with Gasteiger partial charge in [-0.05, 0) is 31.9 Å². The number of aliphatic hydroxyl groups is 1. The third-order valence-electron chi connectivity index (χ3n) is 4.40. The number of nitrogens with zero attached hydrogens (tertiary/aromatic N) is 1. The molecule has 4 heteroatoms. The highest BCUT2D eigenvalue weighted by molar-refractivity contribution is 5.79. The molecule has 0 aliphatic heterocycles. The van der Waals surface area contributed by atoms with E-state index < -0.39 is 0 Å². The lowest BCUT2D eigenvalue weighted by Gasteiger charge is -2.38. The van der Waals surface area contributed by atoms with Crippen molar-refractivity contribution in [1.29, 1.82) is 0 Å². The molecule has 2 N–H and O–H groups in total. The van der Waals surface area contributed by atoms with Crippen molar-refractivity contribution in [1.82, 2.24) is 9.88 Å². The van der Waals surface area contributed by atoms with Crippen LogP contribution in [0, 0.1) is 5.41 Å². The molecule has 1 amide bonds. The van der Waals surface area contributed by atoms with E-state index in [0.717, 1.165) is 25.7 Å². The van der Waals surface area contributed by atoms with E-state index in [-0.39, 0.29) is 23.5 Å². The van der Waals surface area contributed by atoms with E-state index in [9.17, 15) is 9.90 Å². The van der Waals surface area contributed by atoms with Gasteiger partial charge in [-0.2, -0.15) is 0 Å². The first-order valence-electron chi connectivity index (χ1n) is 7.11. The number of carbonyl (C=O) groups is 1. The summed E-state index contributed by atoms with van der Waals surface area (Å²) in [5, 5.41) is 13.1. The lowest BCUT2D eigenvalue weighted by atomic mass is 9.73. The molecule has 0 spiro atoms. The van der Waals surface area contributed by atoms with Crippen LogP contribution in [0.3, 0.4) is 0 Å². The summed E-state index contributed by atoms with van der Waals surface area (Å²) >= 11 is 0. The monoisotopic (exact) mass is 264 g/mol.